The molecule has 8 heteroatoms. The molecule has 0 spiro atoms. The van der Waals surface area contributed by atoms with E-state index in [1.807, 2.05) is 6.07 Å². The summed E-state index contributed by atoms with van der Waals surface area (Å²) in [5.41, 5.74) is 30.0. The molecule has 0 aliphatic heterocycles. The van der Waals surface area contributed by atoms with E-state index in [9.17, 15) is 0 Å². The topological polar surface area (TPSA) is 42.5 Å². The van der Waals surface area contributed by atoms with Crippen LogP contribution >= 0.6 is 0 Å². The van der Waals surface area contributed by atoms with Crippen molar-refractivity contribution in [2.75, 3.05) is 0 Å². The van der Waals surface area contributed by atoms with Gasteiger partial charge < -0.3 is 22.8 Å². The van der Waals surface area contributed by atoms with Crippen molar-refractivity contribution in [1.29, 1.82) is 0 Å². The molecule has 0 aliphatic carbocycles. The Kier molecular flexibility index (Phi) is 17.0. The van der Waals surface area contributed by atoms with Gasteiger partial charge in [0.05, 0.1) is 80.0 Å². The molecule has 0 N–H and O–H groups in total. The molecule has 7 nitrogen and oxygen atoms in total. The van der Waals surface area contributed by atoms with Gasteiger partial charge in [-0.05, 0) is 229 Å². The van der Waals surface area contributed by atoms with Crippen LogP contribution in [0.5, 0.6) is 0 Å². The minimum atomic E-state index is -1.40. The maximum Gasteiger partial charge on any atom is 0.138 e. The number of benzene rings is 21. The van der Waals surface area contributed by atoms with Crippen molar-refractivity contribution in [1.82, 2.24) is 32.4 Å². The van der Waals surface area contributed by atoms with Gasteiger partial charge in [0.2, 0.25) is 0 Å². The zero-order chi connectivity index (χ0) is 86.0. The molecule has 0 saturated carbocycles. The van der Waals surface area contributed by atoms with Crippen LogP contribution in [0.15, 0.2) is 449 Å². The second-order valence-electron chi connectivity index (χ2n) is 35.7. The van der Waals surface area contributed by atoms with E-state index in [2.05, 4.69) is 490 Å². The minimum Gasteiger partial charge on any atom is -0.309 e. The van der Waals surface area contributed by atoms with Crippen LogP contribution in [-0.2, 0) is 0 Å². The summed E-state index contributed by atoms with van der Waals surface area (Å²) >= 11 is 0. The predicted molar refractivity (Wildman–Crippen MR) is 554 cm³/mol. The number of para-hydroxylation sites is 7. The van der Waals surface area contributed by atoms with Gasteiger partial charge in [0.25, 0.3) is 0 Å². The third kappa shape index (κ3) is 11.8. The highest BCUT2D eigenvalue weighted by Crippen LogP contribution is 2.48. The van der Waals surface area contributed by atoms with E-state index in [1.165, 1.54) is 224 Å². The first kappa shape index (κ1) is 74.7. The lowest BCUT2D eigenvalue weighted by Gasteiger charge is -2.17. The molecule has 7 aromatic heterocycles. The molecular weight excluding hydrogens is 1590 g/mol. The molecule has 610 valence electrons. The van der Waals surface area contributed by atoms with Crippen LogP contribution in [0.4, 0.5) is 0 Å². The highest BCUT2D eigenvalue weighted by molar-refractivity contribution is 6.88. The van der Waals surface area contributed by atoms with E-state index in [0.717, 1.165) is 22.8 Å². The molecule has 0 aliphatic rings. The van der Waals surface area contributed by atoms with Gasteiger partial charge in [0.15, 0.2) is 0 Å². The third-order valence-electron chi connectivity index (χ3n) is 27.3. The number of aromatic nitrogens is 7. The minimum absolute atomic E-state index is 0.920. The number of nitrogens with zero attached hydrogens (tertiary/aromatic N) is 7. The summed E-state index contributed by atoms with van der Waals surface area (Å²) in [7, 11) is -1.40. The Bertz CT molecular complexity index is 9310. The van der Waals surface area contributed by atoms with Gasteiger partial charge >= 0.3 is 0 Å². The lowest BCUT2D eigenvalue weighted by atomic mass is 9.97. The molecule has 21 aromatic carbocycles. The molecule has 7 heterocycles. The van der Waals surface area contributed by atoms with Crippen molar-refractivity contribution in [3.8, 4) is 78.9 Å². The monoisotopic (exact) mass is 1670 g/mol. The Morgan fingerprint density at radius 1 is 0.169 bits per heavy atom. The van der Waals surface area contributed by atoms with E-state index < -0.39 is 8.07 Å². The summed E-state index contributed by atoms with van der Waals surface area (Å²) < 4.78 is 14.4. The number of hydrogen-bond donors (Lipinski definition) is 0. The Labute approximate surface area is 751 Å². The van der Waals surface area contributed by atoms with Crippen LogP contribution in [0.1, 0.15) is 0 Å². The van der Waals surface area contributed by atoms with Crippen LogP contribution < -0.4 is 5.19 Å². The van der Waals surface area contributed by atoms with Gasteiger partial charge in [0.1, 0.15) is 5.82 Å². The predicted octanol–water partition coefficient (Wildman–Crippen LogP) is 32.0. The largest absolute Gasteiger partial charge is 0.309 e. The van der Waals surface area contributed by atoms with Crippen molar-refractivity contribution < 1.29 is 0 Å². The van der Waals surface area contributed by atoms with Crippen molar-refractivity contribution >= 4 is 176 Å². The number of hydrogen-bond acceptors (Lipinski definition) is 1. The maximum absolute atomic E-state index is 5.22. The summed E-state index contributed by atoms with van der Waals surface area (Å²) in [5.74, 6) is 0.920. The zero-order valence-electron chi connectivity index (χ0n) is 71.9. The number of fused-ring (bicyclic) bond motifs is 9. The molecular formula is C122H83N7Si. The Hall–Kier alpha value is -16.7. The van der Waals surface area contributed by atoms with Crippen molar-refractivity contribution in [2.45, 2.75) is 19.6 Å². The molecule has 0 atom stereocenters. The van der Waals surface area contributed by atoms with Crippen LogP contribution in [-0.4, -0.2) is 40.5 Å². The van der Waals surface area contributed by atoms with E-state index >= 15 is 0 Å². The quantitative estimate of drug-likeness (QED) is 0.0940. The maximum atomic E-state index is 5.22. The summed E-state index contributed by atoms with van der Waals surface area (Å²) in [6.45, 7) is 7.24. The zero-order valence-corrected chi connectivity index (χ0v) is 72.9. The fourth-order valence-corrected chi connectivity index (χ4v) is 22.6. The van der Waals surface area contributed by atoms with Crippen LogP contribution in [0, 0.1) is 0 Å². The molecule has 0 unspecified atom stereocenters. The first-order valence-electron chi connectivity index (χ1n) is 45.0. The average molecular weight is 1680 g/mol. The molecule has 0 radical (unpaired) electrons. The summed E-state index contributed by atoms with van der Waals surface area (Å²) in [6.07, 6.45) is 0. The number of rotatable bonds is 11. The first-order valence-corrected chi connectivity index (χ1v) is 48.5. The molecule has 130 heavy (non-hydrogen) atoms. The second kappa shape index (κ2) is 29.5. The molecule has 0 fully saturated rings. The standard InChI is InChI=1S/C43H27N3.C41H32N2Si.C38H24N2/c1-3-11-28(12-4-1)36-17-10-20-41(44-36)46-38-19-9-13-29-21-22-31-25-32(27-40(46)43(31)42(29)38)30-23-24-35-34-16-7-8-18-37(34)45(39(35)26-30)33-14-5-2-6-15-33;1-44(2,3)33-21-19-32(20-22-33)43-37-15-9-10-27-16-17-29-24-30(26-39(43)41(29)40(27)37)28-18-23-35-34-13-7-8-14-36(34)42(38(35)25-28)31-11-5-4-6-12-31;1-3-11-29(12-4-1)39-33-16-8-7-15-31(33)32-21-20-26(23-35(32)39)28-22-27-19-18-25-10-9-17-34-37(25)38(27)36(24-28)40(34)30-13-5-2-6-14-30/h1-27H;4-26H,1-3H3;1-24H. The van der Waals surface area contributed by atoms with Gasteiger partial charge in [-0.15, -0.1) is 0 Å². The second-order valence-corrected chi connectivity index (χ2v) is 40.8. The van der Waals surface area contributed by atoms with Gasteiger partial charge in [-0.25, -0.2) is 4.98 Å². The lowest BCUT2D eigenvalue weighted by Crippen LogP contribution is -2.37. The Morgan fingerprint density at radius 2 is 0.446 bits per heavy atom. The van der Waals surface area contributed by atoms with E-state index in [0.29, 0.717) is 0 Å². The Balaban J connectivity index is 0.000000103. The Morgan fingerprint density at radius 3 is 0.815 bits per heavy atom. The average Bonchev–Trinajstić information content (AvgIpc) is 1.56. The molecule has 0 saturated heterocycles. The van der Waals surface area contributed by atoms with Crippen LogP contribution in [0.2, 0.25) is 19.6 Å². The number of pyridine rings is 1. The third-order valence-corrected chi connectivity index (χ3v) is 29.4. The summed E-state index contributed by atoms with van der Waals surface area (Å²) in [4.78, 5) is 5.22. The molecule has 28 rings (SSSR count). The van der Waals surface area contributed by atoms with Crippen molar-refractivity contribution in [3.63, 3.8) is 0 Å². The molecule has 0 amide bonds. The highest BCUT2D eigenvalue weighted by Gasteiger charge is 2.26. The fourth-order valence-electron chi connectivity index (χ4n) is 21.4. The van der Waals surface area contributed by atoms with Crippen molar-refractivity contribution in [2.24, 2.45) is 0 Å². The summed E-state index contributed by atoms with van der Waals surface area (Å²) in [6, 6.07) is 164. The van der Waals surface area contributed by atoms with E-state index in [1.54, 1.807) is 0 Å². The first-order chi connectivity index (χ1) is 64.1. The van der Waals surface area contributed by atoms with Crippen LogP contribution in [0.3, 0.4) is 0 Å². The molecule has 0 bridgehead atoms. The van der Waals surface area contributed by atoms with Crippen molar-refractivity contribution in [3.05, 3.63) is 449 Å². The highest BCUT2D eigenvalue weighted by atomic mass is 28.3. The van der Waals surface area contributed by atoms with Crippen LogP contribution in [0.25, 0.3) is 242 Å². The SMILES string of the molecule is C[Si](C)(C)c1ccc(-n2c3cccc4ccc5cc(-c6ccc7c8ccccc8n(-c8ccccc8)c7c6)cc2c5c43)cc1.c1ccc(-c2cccc(-n3c4cccc5ccc6cc(-c7ccc8c9ccccc9n(-c9ccccc9)c8c7)cc3c6c54)n2)cc1.c1ccc(-n2c3ccccc3c3ccc(-c4cc5ccc6cccc7c6c5c(c4)n7-c4ccccc4)cc32)cc1. The van der Waals surface area contributed by atoms with E-state index in [4.69, 9.17) is 4.98 Å². The van der Waals surface area contributed by atoms with Gasteiger partial charge in [-0.1, -0.05) is 310 Å². The smallest absolute Gasteiger partial charge is 0.138 e. The van der Waals surface area contributed by atoms with E-state index in [-0.39, 0.29) is 0 Å². The van der Waals surface area contributed by atoms with Gasteiger partial charge in [0, 0.05) is 98.6 Å². The normalized spacial score (nSPS) is 12.1. The van der Waals surface area contributed by atoms with Gasteiger partial charge in [-0.3, -0.25) is 4.57 Å². The fraction of sp³-hybridized carbons (Fsp3) is 0.0246. The molecule has 28 aromatic rings. The van der Waals surface area contributed by atoms with Gasteiger partial charge in [-0.2, -0.15) is 0 Å². The lowest BCUT2D eigenvalue weighted by molar-refractivity contribution is 1.08. The summed E-state index contributed by atoms with van der Waals surface area (Å²) in [5, 5.41) is 24.6.